The highest BCUT2D eigenvalue weighted by molar-refractivity contribution is 7.91. The zero-order chi connectivity index (χ0) is 20.1. The van der Waals surface area contributed by atoms with Gasteiger partial charge in [0, 0.05) is 5.56 Å². The Morgan fingerprint density at radius 3 is 2.07 bits per heavy atom. The number of carbonyl (C=O) groups excluding carboxylic acids is 2. The van der Waals surface area contributed by atoms with Crippen molar-refractivity contribution < 1.29 is 22.7 Å². The standard InChI is InChI=1S/C21H24O5S/c1-21(2,3)17-11-9-16(10-12-17)19(22)15-26-20(23)13-14-27(24,25)18-7-5-4-6-8-18/h4-12H,13-15H2,1-3H3. The highest BCUT2D eigenvalue weighted by Gasteiger charge is 2.18. The molecule has 2 aromatic rings. The third-order valence-corrected chi connectivity index (χ3v) is 5.85. The van der Waals surface area contributed by atoms with Crippen LogP contribution >= 0.6 is 0 Å². The molecule has 0 spiro atoms. The lowest BCUT2D eigenvalue weighted by atomic mass is 9.86. The number of ether oxygens (including phenoxy) is 1. The quantitative estimate of drug-likeness (QED) is 0.535. The van der Waals surface area contributed by atoms with Gasteiger partial charge in [0.05, 0.1) is 17.1 Å². The first-order valence-electron chi connectivity index (χ1n) is 8.67. The monoisotopic (exact) mass is 388 g/mol. The minimum Gasteiger partial charge on any atom is -0.457 e. The van der Waals surface area contributed by atoms with Crippen molar-refractivity contribution in [1.29, 1.82) is 0 Å². The van der Waals surface area contributed by atoms with E-state index >= 15 is 0 Å². The van der Waals surface area contributed by atoms with Gasteiger partial charge in [-0.3, -0.25) is 9.59 Å². The van der Waals surface area contributed by atoms with E-state index in [1.54, 1.807) is 30.3 Å². The van der Waals surface area contributed by atoms with Crippen molar-refractivity contribution >= 4 is 21.6 Å². The Bertz CT molecular complexity index is 892. The van der Waals surface area contributed by atoms with E-state index in [0.717, 1.165) is 5.56 Å². The van der Waals surface area contributed by atoms with Gasteiger partial charge in [-0.05, 0) is 23.1 Å². The van der Waals surface area contributed by atoms with Gasteiger partial charge in [0.2, 0.25) is 0 Å². The number of benzene rings is 2. The summed E-state index contributed by atoms with van der Waals surface area (Å²) >= 11 is 0. The van der Waals surface area contributed by atoms with Crippen LogP contribution in [0.15, 0.2) is 59.5 Å². The zero-order valence-corrected chi connectivity index (χ0v) is 16.6. The van der Waals surface area contributed by atoms with Gasteiger partial charge in [0.1, 0.15) is 0 Å². The maximum Gasteiger partial charge on any atom is 0.307 e. The summed E-state index contributed by atoms with van der Waals surface area (Å²) in [4.78, 5) is 24.1. The number of carbonyl (C=O) groups is 2. The second kappa shape index (κ2) is 8.48. The first kappa shape index (κ1) is 20.8. The average Bonchev–Trinajstić information content (AvgIpc) is 2.64. The number of esters is 1. The van der Waals surface area contributed by atoms with E-state index in [1.807, 2.05) is 12.1 Å². The zero-order valence-electron chi connectivity index (χ0n) is 15.8. The highest BCUT2D eigenvalue weighted by Crippen LogP contribution is 2.22. The summed E-state index contributed by atoms with van der Waals surface area (Å²) in [6, 6.07) is 15.1. The van der Waals surface area contributed by atoms with Gasteiger partial charge in [0.25, 0.3) is 0 Å². The van der Waals surface area contributed by atoms with E-state index < -0.39 is 22.4 Å². The lowest BCUT2D eigenvalue weighted by Crippen LogP contribution is -2.18. The molecule has 2 aromatic carbocycles. The molecule has 0 aliphatic heterocycles. The molecule has 2 rings (SSSR count). The van der Waals surface area contributed by atoms with Crippen LogP contribution in [0.1, 0.15) is 43.1 Å². The molecule has 0 amide bonds. The minimum atomic E-state index is -3.55. The number of Topliss-reactive ketones (excluding diaryl/α,β-unsaturated/α-hetero) is 1. The molecule has 0 saturated heterocycles. The highest BCUT2D eigenvalue weighted by atomic mass is 32.2. The Kier molecular flexibility index (Phi) is 6.54. The second-order valence-corrected chi connectivity index (χ2v) is 9.40. The Morgan fingerprint density at radius 2 is 1.52 bits per heavy atom. The topological polar surface area (TPSA) is 77.5 Å². The lowest BCUT2D eigenvalue weighted by Gasteiger charge is -2.18. The number of ketones is 1. The van der Waals surface area contributed by atoms with Crippen LogP contribution < -0.4 is 0 Å². The van der Waals surface area contributed by atoms with Crippen molar-refractivity contribution in [2.75, 3.05) is 12.4 Å². The molecule has 0 N–H and O–H groups in total. The third kappa shape index (κ3) is 6.03. The normalized spacial score (nSPS) is 11.8. The van der Waals surface area contributed by atoms with E-state index in [-0.39, 0.29) is 28.3 Å². The van der Waals surface area contributed by atoms with Gasteiger partial charge in [-0.2, -0.15) is 0 Å². The SMILES string of the molecule is CC(C)(C)c1ccc(C(=O)COC(=O)CCS(=O)(=O)c2ccccc2)cc1. The van der Waals surface area contributed by atoms with Crippen molar-refractivity contribution in [2.24, 2.45) is 0 Å². The van der Waals surface area contributed by atoms with E-state index in [1.165, 1.54) is 12.1 Å². The van der Waals surface area contributed by atoms with Gasteiger partial charge in [-0.1, -0.05) is 63.2 Å². The summed E-state index contributed by atoms with van der Waals surface area (Å²) in [6.07, 6.45) is -0.298. The Hall–Kier alpha value is -2.47. The smallest absolute Gasteiger partial charge is 0.307 e. The third-order valence-electron chi connectivity index (χ3n) is 4.11. The van der Waals surface area contributed by atoms with E-state index in [2.05, 4.69) is 20.8 Å². The summed E-state index contributed by atoms with van der Waals surface area (Å²) in [5.74, 6) is -1.39. The van der Waals surface area contributed by atoms with Gasteiger partial charge in [-0.25, -0.2) is 8.42 Å². The number of sulfone groups is 1. The van der Waals surface area contributed by atoms with Crippen LogP contribution in [-0.4, -0.2) is 32.5 Å². The second-order valence-electron chi connectivity index (χ2n) is 7.29. The first-order valence-corrected chi connectivity index (χ1v) is 10.3. The number of rotatable bonds is 7. The molecule has 6 heteroatoms. The molecule has 0 saturated carbocycles. The number of hydrogen-bond acceptors (Lipinski definition) is 5. The predicted molar refractivity (Wildman–Crippen MR) is 104 cm³/mol. The van der Waals surface area contributed by atoms with Crippen LogP contribution in [0.2, 0.25) is 0 Å². The van der Waals surface area contributed by atoms with Crippen molar-refractivity contribution in [3.63, 3.8) is 0 Å². The molecule has 27 heavy (non-hydrogen) atoms. The Balaban J connectivity index is 1.85. The van der Waals surface area contributed by atoms with Crippen LogP contribution in [-0.2, 0) is 24.8 Å². The molecule has 0 atom stereocenters. The minimum absolute atomic E-state index is 0.0156. The molecule has 0 fully saturated rings. The van der Waals surface area contributed by atoms with Crippen LogP contribution in [0.3, 0.4) is 0 Å². The number of hydrogen-bond donors (Lipinski definition) is 0. The molecule has 0 aliphatic carbocycles. The molecule has 0 unspecified atom stereocenters. The summed E-state index contributed by atoms with van der Waals surface area (Å²) in [7, 11) is -3.55. The van der Waals surface area contributed by atoms with Crippen molar-refractivity contribution in [3.05, 3.63) is 65.7 Å². The maximum atomic E-state index is 12.1. The average molecular weight is 388 g/mol. The van der Waals surface area contributed by atoms with Crippen molar-refractivity contribution in [3.8, 4) is 0 Å². The van der Waals surface area contributed by atoms with Crippen LogP contribution in [0.5, 0.6) is 0 Å². The molecule has 0 aliphatic rings. The fraction of sp³-hybridized carbons (Fsp3) is 0.333. The van der Waals surface area contributed by atoms with E-state index in [0.29, 0.717) is 5.56 Å². The maximum absolute atomic E-state index is 12.1. The fourth-order valence-corrected chi connectivity index (χ4v) is 3.66. The molecule has 0 aromatic heterocycles. The first-order chi connectivity index (χ1) is 12.6. The van der Waals surface area contributed by atoms with Gasteiger partial charge in [0.15, 0.2) is 22.2 Å². The van der Waals surface area contributed by atoms with Crippen molar-refractivity contribution in [2.45, 2.75) is 37.5 Å². The molecule has 144 valence electrons. The van der Waals surface area contributed by atoms with Gasteiger partial charge in [-0.15, -0.1) is 0 Å². The molecular formula is C21H24O5S. The van der Waals surface area contributed by atoms with E-state index in [4.69, 9.17) is 4.74 Å². The summed E-state index contributed by atoms with van der Waals surface area (Å²) in [6.45, 7) is 5.83. The van der Waals surface area contributed by atoms with Crippen LogP contribution in [0, 0.1) is 0 Å². The summed E-state index contributed by atoms with van der Waals surface area (Å²) < 4.78 is 29.2. The van der Waals surface area contributed by atoms with Crippen molar-refractivity contribution in [1.82, 2.24) is 0 Å². The van der Waals surface area contributed by atoms with Crippen LogP contribution in [0.25, 0.3) is 0 Å². The molecule has 5 nitrogen and oxygen atoms in total. The molecule has 0 heterocycles. The molecule has 0 radical (unpaired) electrons. The largest absolute Gasteiger partial charge is 0.457 e. The lowest BCUT2D eigenvalue weighted by molar-refractivity contribution is -0.142. The van der Waals surface area contributed by atoms with E-state index in [9.17, 15) is 18.0 Å². The van der Waals surface area contributed by atoms with Gasteiger partial charge < -0.3 is 4.74 Å². The molecular weight excluding hydrogens is 364 g/mol. The Morgan fingerprint density at radius 1 is 0.926 bits per heavy atom. The molecule has 0 bridgehead atoms. The van der Waals surface area contributed by atoms with Gasteiger partial charge >= 0.3 is 5.97 Å². The van der Waals surface area contributed by atoms with Crippen LogP contribution in [0.4, 0.5) is 0 Å². The summed E-state index contributed by atoms with van der Waals surface area (Å²) in [5, 5.41) is 0. The predicted octanol–water partition coefficient (Wildman–Crippen LogP) is 3.57. The fourth-order valence-electron chi connectivity index (χ4n) is 2.42. The Labute approximate surface area is 160 Å². The summed E-state index contributed by atoms with van der Waals surface area (Å²) in [5.41, 5.74) is 1.54.